The summed E-state index contributed by atoms with van der Waals surface area (Å²) in [7, 11) is 0. The third-order valence-electron chi connectivity index (χ3n) is 2.67. The second-order valence-electron chi connectivity index (χ2n) is 3.98. The number of carboxylic acids is 1. The van der Waals surface area contributed by atoms with Crippen molar-refractivity contribution in [1.29, 1.82) is 0 Å². The number of fused-ring (bicyclic) bond motifs is 1. The first-order valence-corrected chi connectivity index (χ1v) is 5.40. The molecule has 3 aromatic rings. The van der Waals surface area contributed by atoms with Gasteiger partial charge in [0.05, 0.1) is 17.4 Å². The van der Waals surface area contributed by atoms with E-state index in [0.29, 0.717) is 12.1 Å². The van der Waals surface area contributed by atoms with Crippen molar-refractivity contribution in [3.8, 4) is 0 Å². The van der Waals surface area contributed by atoms with Gasteiger partial charge in [-0.2, -0.15) is 0 Å². The molecule has 0 fully saturated rings. The van der Waals surface area contributed by atoms with Crippen LogP contribution in [0.25, 0.3) is 11.0 Å². The van der Waals surface area contributed by atoms with Gasteiger partial charge >= 0.3 is 35.5 Å². The van der Waals surface area contributed by atoms with E-state index in [0.717, 1.165) is 11.1 Å². The van der Waals surface area contributed by atoms with Crippen molar-refractivity contribution < 1.29 is 15.4 Å². The molecule has 1 aromatic carbocycles. The van der Waals surface area contributed by atoms with Gasteiger partial charge in [0.1, 0.15) is 0 Å². The van der Waals surface area contributed by atoms with Gasteiger partial charge in [-0.1, -0.05) is 6.07 Å². The standard InChI is InChI=1S/C12H10N4O2.Na.H2O.H/c17-12(18)11-14-9-2-1-8(5-10(9)15-11)6-16-4-3-13-7-16;;;/h1-5,7H,6H2,(H,14,15)(H,17,18);;1H2;. The number of aromatic carboxylic acids is 1. The SMILES string of the molecule is O.O=C(O)c1nc2cc(Cn3ccnc3)ccc2[nH]1.[NaH]. The van der Waals surface area contributed by atoms with E-state index in [1.807, 2.05) is 29.0 Å². The Kier molecular flexibility index (Phi) is 5.46. The first kappa shape index (κ1) is 16.4. The maximum atomic E-state index is 10.8. The van der Waals surface area contributed by atoms with Crippen LogP contribution in [-0.2, 0) is 6.54 Å². The normalized spacial score (nSPS) is 9.80. The van der Waals surface area contributed by atoms with Crippen LogP contribution in [0.2, 0.25) is 0 Å². The summed E-state index contributed by atoms with van der Waals surface area (Å²) >= 11 is 0. The van der Waals surface area contributed by atoms with E-state index in [9.17, 15) is 4.79 Å². The van der Waals surface area contributed by atoms with Crippen molar-refractivity contribution in [3.63, 3.8) is 0 Å². The Morgan fingerprint density at radius 3 is 2.85 bits per heavy atom. The minimum atomic E-state index is -1.05. The van der Waals surface area contributed by atoms with Crippen LogP contribution >= 0.6 is 0 Å². The predicted octanol–water partition coefficient (Wildman–Crippen LogP) is 0.0327. The van der Waals surface area contributed by atoms with Gasteiger partial charge < -0.3 is 20.1 Å². The molecule has 0 saturated heterocycles. The number of carboxylic acid groups (broad SMARTS) is 1. The van der Waals surface area contributed by atoms with Gasteiger partial charge in [-0.15, -0.1) is 0 Å². The summed E-state index contributed by atoms with van der Waals surface area (Å²) in [4.78, 5) is 21.6. The number of hydrogen-bond donors (Lipinski definition) is 2. The van der Waals surface area contributed by atoms with Crippen LogP contribution in [0.1, 0.15) is 16.2 Å². The number of H-pyrrole nitrogens is 1. The van der Waals surface area contributed by atoms with Crippen molar-refractivity contribution >= 4 is 46.6 Å². The topological polar surface area (TPSA) is 115 Å². The second kappa shape index (κ2) is 6.67. The van der Waals surface area contributed by atoms with Crippen molar-refractivity contribution in [2.45, 2.75) is 6.54 Å². The van der Waals surface area contributed by atoms with Crippen LogP contribution in [-0.4, -0.2) is 65.6 Å². The van der Waals surface area contributed by atoms with Crippen LogP contribution in [0.3, 0.4) is 0 Å². The van der Waals surface area contributed by atoms with Crippen LogP contribution in [0.4, 0.5) is 0 Å². The molecule has 100 valence electrons. The maximum absolute atomic E-state index is 10.8. The van der Waals surface area contributed by atoms with E-state index in [-0.39, 0.29) is 40.9 Å². The van der Waals surface area contributed by atoms with Crippen molar-refractivity contribution in [2.24, 2.45) is 0 Å². The molecule has 0 bridgehead atoms. The van der Waals surface area contributed by atoms with Gasteiger partial charge in [-0.3, -0.25) is 0 Å². The molecular weight excluding hydrogens is 271 g/mol. The van der Waals surface area contributed by atoms with E-state index in [1.54, 1.807) is 12.5 Å². The minimum absolute atomic E-state index is 0. The number of nitrogens with zero attached hydrogens (tertiary/aromatic N) is 3. The van der Waals surface area contributed by atoms with Crippen LogP contribution < -0.4 is 0 Å². The molecule has 0 aliphatic heterocycles. The molecule has 7 nitrogen and oxygen atoms in total. The van der Waals surface area contributed by atoms with Gasteiger partial charge in [-0.05, 0) is 17.7 Å². The number of rotatable bonds is 3. The fraction of sp³-hybridized carbons (Fsp3) is 0.0833. The predicted molar refractivity (Wildman–Crippen MR) is 75.1 cm³/mol. The summed E-state index contributed by atoms with van der Waals surface area (Å²) in [6.07, 6.45) is 5.32. The van der Waals surface area contributed by atoms with E-state index in [1.165, 1.54) is 0 Å². The molecule has 0 saturated carbocycles. The Bertz CT molecular complexity index is 709. The molecule has 3 rings (SSSR count). The van der Waals surface area contributed by atoms with E-state index < -0.39 is 5.97 Å². The van der Waals surface area contributed by atoms with Gasteiger partial charge in [0.25, 0.3) is 0 Å². The van der Waals surface area contributed by atoms with E-state index in [4.69, 9.17) is 5.11 Å². The second-order valence-corrected chi connectivity index (χ2v) is 3.98. The zero-order valence-electron chi connectivity index (χ0n) is 9.87. The molecule has 2 heterocycles. The summed E-state index contributed by atoms with van der Waals surface area (Å²) in [5.41, 5.74) is 2.43. The quantitative estimate of drug-likeness (QED) is 0.660. The number of aromatic nitrogens is 4. The van der Waals surface area contributed by atoms with Gasteiger partial charge in [0, 0.05) is 18.9 Å². The summed E-state index contributed by atoms with van der Waals surface area (Å²) in [5.74, 6) is -1.09. The van der Waals surface area contributed by atoms with E-state index >= 15 is 0 Å². The van der Waals surface area contributed by atoms with Crippen LogP contribution in [0.5, 0.6) is 0 Å². The number of benzene rings is 1. The summed E-state index contributed by atoms with van der Waals surface area (Å²) in [6.45, 7) is 0.686. The Balaban J connectivity index is 0.000001000. The number of carbonyl (C=O) groups is 1. The van der Waals surface area contributed by atoms with Crippen LogP contribution in [0.15, 0.2) is 36.9 Å². The van der Waals surface area contributed by atoms with Gasteiger partial charge in [0.15, 0.2) is 0 Å². The molecule has 8 heteroatoms. The fourth-order valence-corrected chi connectivity index (χ4v) is 1.84. The molecule has 2 aromatic heterocycles. The summed E-state index contributed by atoms with van der Waals surface area (Å²) < 4.78 is 1.94. The summed E-state index contributed by atoms with van der Waals surface area (Å²) in [6, 6.07) is 5.64. The van der Waals surface area contributed by atoms with Gasteiger partial charge in [-0.25, -0.2) is 14.8 Å². The molecule has 0 aliphatic rings. The average molecular weight is 284 g/mol. The van der Waals surface area contributed by atoms with Gasteiger partial charge in [0.2, 0.25) is 5.82 Å². The molecule has 0 amide bonds. The van der Waals surface area contributed by atoms with Crippen molar-refractivity contribution in [3.05, 3.63) is 48.3 Å². The number of hydrogen-bond acceptors (Lipinski definition) is 3. The van der Waals surface area contributed by atoms with E-state index in [2.05, 4.69) is 15.0 Å². The molecule has 4 N–H and O–H groups in total. The molecule has 0 unspecified atom stereocenters. The van der Waals surface area contributed by atoms with Crippen molar-refractivity contribution in [2.75, 3.05) is 0 Å². The monoisotopic (exact) mass is 284 g/mol. The molecule has 0 radical (unpaired) electrons. The summed E-state index contributed by atoms with van der Waals surface area (Å²) in [5, 5.41) is 8.86. The molecule has 0 atom stereocenters. The number of imidazole rings is 2. The Morgan fingerprint density at radius 1 is 1.40 bits per heavy atom. The first-order valence-electron chi connectivity index (χ1n) is 5.40. The van der Waals surface area contributed by atoms with Crippen molar-refractivity contribution in [1.82, 2.24) is 19.5 Å². The molecule has 0 spiro atoms. The zero-order chi connectivity index (χ0) is 12.5. The third-order valence-corrected chi connectivity index (χ3v) is 2.67. The number of nitrogens with one attached hydrogen (secondary N) is 1. The molecular formula is C12H13N4NaO3. The third kappa shape index (κ3) is 3.26. The average Bonchev–Trinajstić information content (AvgIpc) is 2.96. The molecule has 0 aliphatic carbocycles. The zero-order valence-corrected chi connectivity index (χ0v) is 9.87. The first-order chi connectivity index (χ1) is 8.72. The van der Waals surface area contributed by atoms with Crippen LogP contribution in [0, 0.1) is 0 Å². The Labute approximate surface area is 136 Å². The number of aromatic amines is 1. The molecule has 20 heavy (non-hydrogen) atoms. The Hall–Kier alpha value is -1.67. The Morgan fingerprint density at radius 2 is 2.20 bits per heavy atom. The fourth-order valence-electron chi connectivity index (χ4n) is 1.84.